The van der Waals surface area contributed by atoms with Gasteiger partial charge in [0.05, 0.1) is 10.6 Å². The molecular weight excluding hydrogens is 291 g/mol. The Morgan fingerprint density at radius 2 is 2.00 bits per heavy atom. The smallest absolute Gasteiger partial charge is 0.262 e. The van der Waals surface area contributed by atoms with Gasteiger partial charge in [0.1, 0.15) is 11.0 Å². The zero-order valence-corrected chi connectivity index (χ0v) is 11.5. The lowest BCUT2D eigenvalue weighted by molar-refractivity contribution is 0.601. The average molecular weight is 301 g/mol. The highest BCUT2D eigenvalue weighted by Gasteiger charge is 2.16. The first kappa shape index (κ1) is 13.8. The van der Waals surface area contributed by atoms with Gasteiger partial charge >= 0.3 is 0 Å². The lowest BCUT2D eigenvalue weighted by Crippen LogP contribution is -2.14. The summed E-state index contributed by atoms with van der Waals surface area (Å²) in [6.07, 6.45) is 1.29. The molecule has 0 fully saturated rings. The lowest BCUT2D eigenvalue weighted by Gasteiger charge is -2.10. The molecule has 2 rings (SSSR count). The molecule has 0 atom stereocenters. The summed E-state index contributed by atoms with van der Waals surface area (Å²) >= 11 is 5.65. The van der Waals surface area contributed by atoms with Gasteiger partial charge in [0, 0.05) is 6.20 Å². The van der Waals surface area contributed by atoms with E-state index in [0.29, 0.717) is 5.56 Å². The van der Waals surface area contributed by atoms with E-state index >= 15 is 0 Å². The van der Waals surface area contributed by atoms with Crippen LogP contribution in [0, 0.1) is 12.7 Å². The Kier molecular flexibility index (Phi) is 3.73. The predicted octanol–water partition coefficient (Wildman–Crippen LogP) is 2.98. The van der Waals surface area contributed by atoms with Crippen molar-refractivity contribution in [3.63, 3.8) is 0 Å². The van der Waals surface area contributed by atoms with Crippen LogP contribution in [0.5, 0.6) is 0 Å². The fraction of sp³-hybridized carbons (Fsp3) is 0.0833. The van der Waals surface area contributed by atoms with E-state index in [9.17, 15) is 12.8 Å². The van der Waals surface area contributed by atoms with Gasteiger partial charge in [-0.15, -0.1) is 0 Å². The minimum absolute atomic E-state index is 0.0313. The van der Waals surface area contributed by atoms with Gasteiger partial charge in [-0.2, -0.15) is 0 Å². The number of aryl methyl sites for hydroxylation is 1. The van der Waals surface area contributed by atoms with Crippen LogP contribution >= 0.6 is 11.6 Å². The van der Waals surface area contributed by atoms with E-state index in [1.807, 2.05) is 0 Å². The van der Waals surface area contributed by atoms with Gasteiger partial charge in [0.25, 0.3) is 10.0 Å². The van der Waals surface area contributed by atoms with E-state index in [4.69, 9.17) is 11.6 Å². The fourth-order valence-corrected chi connectivity index (χ4v) is 2.83. The zero-order valence-electron chi connectivity index (χ0n) is 9.89. The van der Waals surface area contributed by atoms with Crippen LogP contribution in [0.4, 0.5) is 10.1 Å². The molecule has 2 aromatic rings. The number of hydrogen-bond acceptors (Lipinski definition) is 3. The largest absolute Gasteiger partial charge is 0.279 e. The Morgan fingerprint density at radius 3 is 2.68 bits per heavy atom. The minimum atomic E-state index is -3.82. The number of nitrogens with one attached hydrogen (secondary N) is 1. The number of pyridine rings is 1. The van der Waals surface area contributed by atoms with Crippen LogP contribution < -0.4 is 4.72 Å². The quantitative estimate of drug-likeness (QED) is 0.887. The van der Waals surface area contributed by atoms with Crippen LogP contribution in [0.25, 0.3) is 0 Å². The van der Waals surface area contributed by atoms with Gasteiger partial charge in [0.15, 0.2) is 0 Å². The molecule has 0 aliphatic carbocycles. The Morgan fingerprint density at radius 1 is 1.26 bits per heavy atom. The second-order valence-electron chi connectivity index (χ2n) is 3.88. The Labute approximate surface area is 115 Å². The monoisotopic (exact) mass is 300 g/mol. The summed E-state index contributed by atoms with van der Waals surface area (Å²) in [5.41, 5.74) is 0.804. The van der Waals surface area contributed by atoms with Gasteiger partial charge in [0.2, 0.25) is 0 Å². The van der Waals surface area contributed by atoms with Crippen LogP contribution in [-0.4, -0.2) is 13.4 Å². The molecule has 0 saturated heterocycles. The van der Waals surface area contributed by atoms with E-state index < -0.39 is 15.8 Å². The van der Waals surface area contributed by atoms with Gasteiger partial charge in [-0.1, -0.05) is 17.7 Å². The number of anilines is 1. The van der Waals surface area contributed by atoms with Crippen molar-refractivity contribution in [2.75, 3.05) is 4.72 Å². The maximum absolute atomic E-state index is 13.1. The van der Waals surface area contributed by atoms with E-state index in [2.05, 4.69) is 9.71 Å². The lowest BCUT2D eigenvalue weighted by atomic mass is 10.2. The van der Waals surface area contributed by atoms with E-state index in [0.717, 1.165) is 6.07 Å². The summed E-state index contributed by atoms with van der Waals surface area (Å²) in [5, 5.41) is 0.0684. The Bertz CT molecular complexity index is 719. The number of nitrogens with zero attached hydrogens (tertiary/aromatic N) is 1. The summed E-state index contributed by atoms with van der Waals surface area (Å²) in [5.74, 6) is -0.518. The summed E-state index contributed by atoms with van der Waals surface area (Å²) in [4.78, 5) is 3.67. The molecule has 1 N–H and O–H groups in total. The number of rotatable bonds is 3. The van der Waals surface area contributed by atoms with Crippen molar-refractivity contribution in [2.45, 2.75) is 11.8 Å². The summed E-state index contributed by atoms with van der Waals surface area (Å²) in [7, 11) is -3.82. The molecule has 1 heterocycles. The van der Waals surface area contributed by atoms with Crippen molar-refractivity contribution < 1.29 is 12.8 Å². The third kappa shape index (κ3) is 3.21. The molecule has 0 spiro atoms. The average Bonchev–Trinajstić information content (AvgIpc) is 2.33. The highest BCUT2D eigenvalue weighted by atomic mass is 35.5. The van der Waals surface area contributed by atoms with E-state index in [1.54, 1.807) is 6.92 Å². The van der Waals surface area contributed by atoms with Crippen molar-refractivity contribution in [2.24, 2.45) is 0 Å². The molecule has 0 radical (unpaired) electrons. The standard InChI is InChI=1S/C12H10ClFN2O2S/c1-8-2-3-9(14)6-11(8)16-19(17,18)10-4-5-15-12(13)7-10/h2-7,16H,1H3. The van der Waals surface area contributed by atoms with Gasteiger partial charge in [-0.25, -0.2) is 17.8 Å². The fourth-order valence-electron chi connectivity index (χ4n) is 1.46. The zero-order chi connectivity index (χ0) is 14.0. The molecule has 0 amide bonds. The molecule has 7 heteroatoms. The predicted molar refractivity (Wildman–Crippen MR) is 71.2 cm³/mol. The summed E-state index contributed by atoms with van der Waals surface area (Å²) in [6.45, 7) is 1.68. The third-order valence-electron chi connectivity index (χ3n) is 2.45. The van der Waals surface area contributed by atoms with Crippen molar-refractivity contribution in [1.29, 1.82) is 0 Å². The molecule has 0 saturated carbocycles. The number of aromatic nitrogens is 1. The van der Waals surface area contributed by atoms with Crippen LogP contribution in [0.15, 0.2) is 41.4 Å². The highest BCUT2D eigenvalue weighted by molar-refractivity contribution is 7.92. The number of sulfonamides is 1. The van der Waals surface area contributed by atoms with Gasteiger partial charge in [-0.05, 0) is 36.8 Å². The van der Waals surface area contributed by atoms with Gasteiger partial charge in [-0.3, -0.25) is 4.72 Å². The molecule has 19 heavy (non-hydrogen) atoms. The van der Waals surface area contributed by atoms with Crippen LogP contribution in [0.1, 0.15) is 5.56 Å². The van der Waals surface area contributed by atoms with Crippen molar-refractivity contribution in [3.8, 4) is 0 Å². The molecular formula is C12H10ClFN2O2S. The number of benzene rings is 1. The van der Waals surface area contributed by atoms with E-state index in [-0.39, 0.29) is 15.7 Å². The second kappa shape index (κ2) is 5.14. The molecule has 0 unspecified atom stereocenters. The number of hydrogen-bond donors (Lipinski definition) is 1. The van der Waals surface area contributed by atoms with Gasteiger partial charge < -0.3 is 0 Å². The van der Waals surface area contributed by atoms with Crippen molar-refractivity contribution >= 4 is 27.3 Å². The van der Waals surface area contributed by atoms with Crippen LogP contribution in [-0.2, 0) is 10.0 Å². The maximum Gasteiger partial charge on any atom is 0.262 e. The molecule has 0 aliphatic heterocycles. The first-order valence-electron chi connectivity index (χ1n) is 5.29. The van der Waals surface area contributed by atoms with Crippen molar-refractivity contribution in [1.82, 2.24) is 4.98 Å². The Balaban J connectivity index is 2.39. The highest BCUT2D eigenvalue weighted by Crippen LogP contribution is 2.21. The van der Waals surface area contributed by atoms with Crippen molar-refractivity contribution in [3.05, 3.63) is 53.1 Å². The summed E-state index contributed by atoms with van der Waals surface area (Å²) in [6, 6.07) is 6.40. The third-order valence-corrected chi connectivity index (χ3v) is 4.02. The van der Waals surface area contributed by atoms with Crippen LogP contribution in [0.2, 0.25) is 5.15 Å². The maximum atomic E-state index is 13.1. The normalized spacial score (nSPS) is 11.3. The summed E-state index contributed by atoms with van der Waals surface area (Å²) < 4.78 is 39.6. The first-order chi connectivity index (χ1) is 8.88. The second-order valence-corrected chi connectivity index (χ2v) is 5.95. The first-order valence-corrected chi connectivity index (χ1v) is 7.15. The molecule has 0 bridgehead atoms. The van der Waals surface area contributed by atoms with Crippen LogP contribution in [0.3, 0.4) is 0 Å². The van der Waals surface area contributed by atoms with E-state index in [1.165, 1.54) is 30.5 Å². The SMILES string of the molecule is Cc1ccc(F)cc1NS(=O)(=O)c1ccnc(Cl)c1. The number of halogens is 2. The molecule has 100 valence electrons. The molecule has 1 aromatic heterocycles. The molecule has 4 nitrogen and oxygen atoms in total. The molecule has 1 aromatic carbocycles. The minimum Gasteiger partial charge on any atom is -0.279 e. The topological polar surface area (TPSA) is 59.1 Å². The molecule has 0 aliphatic rings. The Hall–Kier alpha value is -1.66.